The Balaban J connectivity index is 2.05. The van der Waals surface area contributed by atoms with Gasteiger partial charge >= 0.3 is 0 Å². The summed E-state index contributed by atoms with van der Waals surface area (Å²) in [5.74, 6) is -0.0599. The molecule has 1 N–H and O–H groups in total. The average Bonchev–Trinajstić information content (AvgIpc) is 2.40. The van der Waals surface area contributed by atoms with Gasteiger partial charge in [-0.25, -0.2) is 0 Å². The van der Waals surface area contributed by atoms with Gasteiger partial charge in [0.1, 0.15) is 0 Å². The van der Waals surface area contributed by atoms with Gasteiger partial charge in [0, 0.05) is 5.56 Å². The van der Waals surface area contributed by atoms with E-state index in [-0.39, 0.29) is 11.9 Å². The Morgan fingerprint density at radius 1 is 1.12 bits per heavy atom. The Kier molecular flexibility index (Phi) is 3.55. The number of hydrogen-bond acceptors (Lipinski definition) is 1. The van der Waals surface area contributed by atoms with Crippen molar-refractivity contribution in [1.82, 2.24) is 5.32 Å². The van der Waals surface area contributed by atoms with E-state index in [1.54, 1.807) is 24.3 Å². The summed E-state index contributed by atoms with van der Waals surface area (Å²) in [6, 6.07) is 19.8. The summed E-state index contributed by atoms with van der Waals surface area (Å²) in [4.78, 5) is 11.9. The highest BCUT2D eigenvalue weighted by molar-refractivity contribution is 5.94. The van der Waals surface area contributed by atoms with E-state index >= 15 is 0 Å². The minimum Gasteiger partial charge on any atom is -0.346 e. The predicted octanol–water partition coefficient (Wildman–Crippen LogP) is 2.98. The third-order valence-electron chi connectivity index (χ3n) is 2.63. The van der Waals surface area contributed by atoms with Crippen molar-refractivity contribution in [3.8, 4) is 0 Å². The zero-order valence-electron chi connectivity index (χ0n) is 9.68. The van der Waals surface area contributed by atoms with Crippen molar-refractivity contribution >= 4 is 5.91 Å². The van der Waals surface area contributed by atoms with Gasteiger partial charge in [-0.15, -0.1) is 0 Å². The van der Waals surface area contributed by atoms with Crippen molar-refractivity contribution in [3.05, 3.63) is 71.8 Å². The average molecular weight is 224 g/mol. The van der Waals surface area contributed by atoms with Crippen LogP contribution in [0.1, 0.15) is 28.9 Å². The number of carbonyl (C=O) groups is 1. The van der Waals surface area contributed by atoms with E-state index in [9.17, 15) is 4.79 Å². The van der Waals surface area contributed by atoms with Crippen LogP contribution in [0.4, 0.5) is 0 Å². The molecule has 2 aromatic carbocycles. The highest BCUT2D eigenvalue weighted by atomic mass is 16.1. The number of hydrogen-bond donors (Lipinski definition) is 1. The van der Waals surface area contributed by atoms with Gasteiger partial charge in [0.2, 0.25) is 0 Å². The first-order valence-electron chi connectivity index (χ1n) is 5.59. The molecule has 2 heteroatoms. The van der Waals surface area contributed by atoms with Gasteiger partial charge in [0.15, 0.2) is 0 Å². The van der Waals surface area contributed by atoms with Crippen molar-refractivity contribution in [3.63, 3.8) is 0 Å². The quantitative estimate of drug-likeness (QED) is 0.853. The second-order valence-electron chi connectivity index (χ2n) is 3.89. The lowest BCUT2D eigenvalue weighted by molar-refractivity contribution is 0.0940. The first-order chi connectivity index (χ1) is 8.27. The van der Waals surface area contributed by atoms with Crippen LogP contribution in [-0.4, -0.2) is 5.91 Å². The molecule has 0 saturated carbocycles. The lowest BCUT2D eigenvalue weighted by atomic mass is 10.1. The highest BCUT2D eigenvalue weighted by Gasteiger charge is 2.10. The van der Waals surface area contributed by atoms with Crippen LogP contribution in [-0.2, 0) is 0 Å². The fraction of sp³-hybridized carbons (Fsp3) is 0.133. The van der Waals surface area contributed by atoms with Crippen LogP contribution in [0.15, 0.2) is 54.6 Å². The van der Waals surface area contributed by atoms with Crippen LogP contribution in [0.3, 0.4) is 0 Å². The number of rotatable bonds is 3. The minimum atomic E-state index is -0.0599. The summed E-state index contributed by atoms with van der Waals surface area (Å²) in [7, 11) is 0. The molecule has 0 aliphatic rings. The van der Waals surface area contributed by atoms with E-state index in [1.165, 1.54) is 0 Å². The van der Waals surface area contributed by atoms with Crippen molar-refractivity contribution in [2.45, 2.75) is 13.0 Å². The fourth-order valence-electron chi connectivity index (χ4n) is 1.64. The summed E-state index contributed by atoms with van der Waals surface area (Å²) in [6.45, 7) is 1.97. The van der Waals surface area contributed by atoms with Crippen molar-refractivity contribution in [1.29, 1.82) is 0 Å². The molecule has 2 nitrogen and oxygen atoms in total. The molecule has 0 heterocycles. The zero-order valence-corrected chi connectivity index (χ0v) is 9.68. The first-order valence-corrected chi connectivity index (χ1v) is 5.59. The molecule has 1 radical (unpaired) electrons. The Morgan fingerprint density at radius 2 is 1.76 bits per heavy atom. The van der Waals surface area contributed by atoms with Crippen LogP contribution in [0.25, 0.3) is 0 Å². The van der Waals surface area contributed by atoms with E-state index in [0.29, 0.717) is 5.56 Å². The fourth-order valence-corrected chi connectivity index (χ4v) is 1.64. The van der Waals surface area contributed by atoms with Gasteiger partial charge < -0.3 is 5.32 Å². The molecule has 0 aromatic heterocycles. The molecule has 0 spiro atoms. The smallest absolute Gasteiger partial charge is 0.251 e. The summed E-state index contributed by atoms with van der Waals surface area (Å²) in [6.07, 6.45) is 0. The molecular weight excluding hydrogens is 210 g/mol. The molecule has 1 atom stereocenters. The summed E-state index contributed by atoms with van der Waals surface area (Å²) >= 11 is 0. The number of amides is 1. The Morgan fingerprint density at radius 3 is 2.41 bits per heavy atom. The summed E-state index contributed by atoms with van der Waals surface area (Å²) in [5.41, 5.74) is 1.76. The van der Waals surface area contributed by atoms with Gasteiger partial charge in [-0.2, -0.15) is 0 Å². The van der Waals surface area contributed by atoms with Gasteiger partial charge in [-0.05, 0) is 30.7 Å². The van der Waals surface area contributed by atoms with Crippen LogP contribution in [0.2, 0.25) is 0 Å². The molecule has 17 heavy (non-hydrogen) atoms. The zero-order chi connectivity index (χ0) is 12.1. The van der Waals surface area contributed by atoms with Gasteiger partial charge in [-0.3, -0.25) is 4.79 Å². The SMILES string of the molecule is CC(NC(=O)c1cc[c]cc1)c1ccccc1. The van der Waals surface area contributed by atoms with E-state index in [4.69, 9.17) is 0 Å². The Hall–Kier alpha value is -2.09. The molecule has 1 amide bonds. The maximum Gasteiger partial charge on any atom is 0.251 e. The number of carbonyl (C=O) groups excluding carboxylic acids is 1. The molecule has 2 rings (SSSR count). The van der Waals surface area contributed by atoms with Gasteiger partial charge in [-0.1, -0.05) is 42.5 Å². The van der Waals surface area contributed by atoms with E-state index in [1.807, 2.05) is 37.3 Å². The van der Waals surface area contributed by atoms with Crippen LogP contribution < -0.4 is 5.32 Å². The third kappa shape index (κ3) is 2.94. The van der Waals surface area contributed by atoms with Crippen molar-refractivity contribution in [2.24, 2.45) is 0 Å². The maximum atomic E-state index is 11.9. The van der Waals surface area contributed by atoms with Gasteiger partial charge in [0.05, 0.1) is 6.04 Å². The van der Waals surface area contributed by atoms with Crippen LogP contribution in [0, 0.1) is 6.07 Å². The maximum absolute atomic E-state index is 11.9. The molecule has 0 fully saturated rings. The molecule has 0 aliphatic carbocycles. The molecule has 0 saturated heterocycles. The predicted molar refractivity (Wildman–Crippen MR) is 67.6 cm³/mol. The van der Waals surface area contributed by atoms with E-state index in [2.05, 4.69) is 11.4 Å². The minimum absolute atomic E-state index is 0.00730. The first kappa shape index (κ1) is 11.4. The van der Waals surface area contributed by atoms with Gasteiger partial charge in [0.25, 0.3) is 5.91 Å². The lowest BCUT2D eigenvalue weighted by Crippen LogP contribution is -2.26. The highest BCUT2D eigenvalue weighted by Crippen LogP contribution is 2.12. The molecule has 0 aliphatic heterocycles. The molecule has 2 aromatic rings. The third-order valence-corrected chi connectivity index (χ3v) is 2.63. The number of benzene rings is 2. The van der Waals surface area contributed by atoms with Crippen LogP contribution >= 0.6 is 0 Å². The largest absolute Gasteiger partial charge is 0.346 e. The topological polar surface area (TPSA) is 29.1 Å². The molecule has 0 bridgehead atoms. The number of nitrogens with one attached hydrogen (secondary N) is 1. The molecule has 1 unspecified atom stereocenters. The standard InChI is InChI=1S/C15H14NO/c1-12(13-8-4-2-5-9-13)16-15(17)14-10-6-3-7-11-14/h2,4-12H,1H3,(H,16,17). The summed E-state index contributed by atoms with van der Waals surface area (Å²) in [5, 5.41) is 2.96. The van der Waals surface area contributed by atoms with E-state index < -0.39 is 0 Å². The van der Waals surface area contributed by atoms with Crippen molar-refractivity contribution in [2.75, 3.05) is 0 Å². The second kappa shape index (κ2) is 5.30. The molecular formula is C15H14NO. The summed E-state index contributed by atoms with van der Waals surface area (Å²) < 4.78 is 0. The van der Waals surface area contributed by atoms with Crippen LogP contribution in [0.5, 0.6) is 0 Å². The lowest BCUT2D eigenvalue weighted by Gasteiger charge is -2.14. The monoisotopic (exact) mass is 224 g/mol. The second-order valence-corrected chi connectivity index (χ2v) is 3.89. The van der Waals surface area contributed by atoms with Crippen molar-refractivity contribution < 1.29 is 4.79 Å². The molecule has 85 valence electrons. The van der Waals surface area contributed by atoms with E-state index in [0.717, 1.165) is 5.56 Å². The Bertz CT molecular complexity index is 479. The Labute approximate surface area is 101 Å². The normalized spacial score (nSPS) is 11.8.